The molecular formula is C16H14F3N3O2. The van der Waals surface area contributed by atoms with Crippen LogP contribution in [0.2, 0.25) is 0 Å². The molecule has 0 saturated heterocycles. The van der Waals surface area contributed by atoms with Crippen molar-refractivity contribution >= 4 is 22.2 Å². The van der Waals surface area contributed by atoms with Gasteiger partial charge in [0.05, 0.1) is 10.4 Å². The van der Waals surface area contributed by atoms with Gasteiger partial charge in [-0.25, -0.2) is 0 Å². The van der Waals surface area contributed by atoms with Crippen LogP contribution in [-0.4, -0.2) is 21.3 Å². The van der Waals surface area contributed by atoms with E-state index in [9.17, 15) is 23.3 Å². The molecule has 0 bridgehead atoms. The van der Waals surface area contributed by atoms with Crippen molar-refractivity contribution in [2.75, 3.05) is 0 Å². The number of nitrogens with zero attached hydrogens (tertiary/aromatic N) is 2. The van der Waals surface area contributed by atoms with Crippen LogP contribution in [-0.2, 0) is 0 Å². The molecule has 0 aliphatic rings. The van der Waals surface area contributed by atoms with Crippen LogP contribution < -0.4 is 0 Å². The zero-order valence-corrected chi connectivity index (χ0v) is 12.7. The normalized spacial score (nSPS) is 13.3. The van der Waals surface area contributed by atoms with Gasteiger partial charge in [-0.15, -0.1) is 0 Å². The first kappa shape index (κ1) is 17.5. The average molecular weight is 337 g/mol. The maximum atomic E-state index is 13.0. The average Bonchev–Trinajstić information content (AvgIpc) is 2.93. The Bertz CT molecular complexity index is 848. The van der Waals surface area contributed by atoms with E-state index in [-0.39, 0.29) is 23.4 Å². The van der Waals surface area contributed by atoms with Gasteiger partial charge >= 0.3 is 6.18 Å². The Morgan fingerprint density at radius 2 is 2.17 bits per heavy atom. The highest BCUT2D eigenvalue weighted by Gasteiger charge is 2.32. The van der Waals surface area contributed by atoms with Crippen molar-refractivity contribution < 1.29 is 18.1 Å². The van der Waals surface area contributed by atoms with Gasteiger partial charge in [0.1, 0.15) is 5.69 Å². The van der Waals surface area contributed by atoms with E-state index in [0.717, 1.165) is 6.08 Å². The van der Waals surface area contributed by atoms with E-state index < -0.39 is 16.7 Å². The number of fused-ring (bicyclic) bond motifs is 1. The summed E-state index contributed by atoms with van der Waals surface area (Å²) in [6.07, 6.45) is -0.965. The lowest BCUT2D eigenvalue weighted by Crippen LogP contribution is -2.11. The lowest BCUT2D eigenvalue weighted by Gasteiger charge is -2.10. The maximum absolute atomic E-state index is 13.0. The van der Waals surface area contributed by atoms with Gasteiger partial charge in [-0.2, -0.15) is 18.3 Å². The molecule has 1 aromatic carbocycles. The first-order valence-corrected chi connectivity index (χ1v) is 7.01. The molecule has 0 aliphatic heterocycles. The number of nitro benzene ring substituents is 1. The lowest BCUT2D eigenvalue weighted by atomic mass is 10.0. The topological polar surface area (TPSA) is 71.8 Å². The first-order valence-electron chi connectivity index (χ1n) is 7.01. The number of H-pyrrole nitrogens is 1. The summed E-state index contributed by atoms with van der Waals surface area (Å²) in [5, 5.41) is 18.0. The van der Waals surface area contributed by atoms with Crippen molar-refractivity contribution in [2.45, 2.75) is 19.5 Å². The van der Waals surface area contributed by atoms with Crippen LogP contribution in [0, 0.1) is 10.1 Å². The van der Waals surface area contributed by atoms with Crippen LogP contribution in [0.3, 0.4) is 0 Å². The number of aromatic amines is 1. The zero-order valence-electron chi connectivity index (χ0n) is 12.7. The highest BCUT2D eigenvalue weighted by Crippen LogP contribution is 2.33. The van der Waals surface area contributed by atoms with E-state index >= 15 is 0 Å². The Kier molecular flexibility index (Phi) is 4.87. The molecule has 2 rings (SSSR count). The minimum absolute atomic E-state index is 0.168. The van der Waals surface area contributed by atoms with Gasteiger partial charge in [0.25, 0.3) is 5.69 Å². The Hall–Kier alpha value is -2.90. The second kappa shape index (κ2) is 6.69. The van der Waals surface area contributed by atoms with Gasteiger partial charge in [0, 0.05) is 28.7 Å². The molecule has 0 fully saturated rings. The summed E-state index contributed by atoms with van der Waals surface area (Å²) >= 11 is 0. The van der Waals surface area contributed by atoms with E-state index in [1.165, 1.54) is 37.3 Å². The van der Waals surface area contributed by atoms with Crippen molar-refractivity contribution in [3.63, 3.8) is 0 Å². The molecule has 0 spiro atoms. The minimum atomic E-state index is -4.47. The van der Waals surface area contributed by atoms with Crippen molar-refractivity contribution in [1.29, 1.82) is 0 Å². The fraction of sp³-hybridized carbons (Fsp3) is 0.188. The molecule has 2 aromatic rings. The standard InChI is InChI=1S/C16H14F3N3O2/c1-3-5-10(8-11(4-2)16(17,18)19)15-13-9-12(22(23)24)6-7-14(13)20-21-15/h3,5-9H,1,4H2,2H3,(H,20,21)/b10-5+,11-8+. The minimum Gasteiger partial charge on any atom is -0.277 e. The van der Waals surface area contributed by atoms with Gasteiger partial charge in [-0.05, 0) is 18.6 Å². The van der Waals surface area contributed by atoms with Gasteiger partial charge in [0.2, 0.25) is 0 Å². The third-order valence-electron chi connectivity index (χ3n) is 3.40. The quantitative estimate of drug-likeness (QED) is 0.477. The molecule has 1 aromatic heterocycles. The van der Waals surface area contributed by atoms with Crippen molar-refractivity contribution in [2.24, 2.45) is 0 Å². The van der Waals surface area contributed by atoms with Crippen LogP contribution in [0.1, 0.15) is 19.0 Å². The molecule has 0 unspecified atom stereocenters. The summed E-state index contributed by atoms with van der Waals surface area (Å²) in [6, 6.07) is 4.03. The monoisotopic (exact) mass is 337 g/mol. The third-order valence-corrected chi connectivity index (χ3v) is 3.40. The van der Waals surface area contributed by atoms with E-state index in [1.807, 2.05) is 0 Å². The smallest absolute Gasteiger partial charge is 0.277 e. The number of non-ortho nitro benzene ring substituents is 1. The van der Waals surface area contributed by atoms with Gasteiger partial charge < -0.3 is 0 Å². The molecule has 0 radical (unpaired) electrons. The van der Waals surface area contributed by atoms with Crippen molar-refractivity contribution in [1.82, 2.24) is 10.2 Å². The molecule has 0 saturated carbocycles. The summed E-state index contributed by atoms with van der Waals surface area (Å²) in [6.45, 7) is 4.90. The number of halogens is 3. The molecule has 1 N–H and O–H groups in total. The fourth-order valence-corrected chi connectivity index (χ4v) is 2.23. The largest absolute Gasteiger partial charge is 0.412 e. The maximum Gasteiger partial charge on any atom is 0.412 e. The molecule has 1 heterocycles. The highest BCUT2D eigenvalue weighted by atomic mass is 19.4. The molecular weight excluding hydrogens is 323 g/mol. The number of hydrogen-bond acceptors (Lipinski definition) is 3. The van der Waals surface area contributed by atoms with E-state index in [0.29, 0.717) is 10.9 Å². The molecule has 0 aliphatic carbocycles. The number of benzene rings is 1. The van der Waals surface area contributed by atoms with Crippen LogP contribution in [0.4, 0.5) is 18.9 Å². The number of nitro groups is 1. The summed E-state index contributed by atoms with van der Waals surface area (Å²) < 4.78 is 39.0. The van der Waals surface area contributed by atoms with Gasteiger partial charge in [-0.1, -0.05) is 25.7 Å². The SMILES string of the molecule is C=C/C=C(\C=C(/CC)C(F)(F)F)c1n[nH]c2ccc([N+](=O)[O-])cc12. The Morgan fingerprint density at radius 1 is 1.46 bits per heavy atom. The molecule has 0 amide bonds. The third kappa shape index (κ3) is 3.53. The van der Waals surface area contributed by atoms with E-state index in [4.69, 9.17) is 0 Å². The Morgan fingerprint density at radius 3 is 2.71 bits per heavy atom. The predicted molar refractivity (Wildman–Crippen MR) is 85.4 cm³/mol. The highest BCUT2D eigenvalue weighted by molar-refractivity contribution is 5.94. The summed E-state index contributed by atoms with van der Waals surface area (Å²) in [5.74, 6) is 0. The van der Waals surface area contributed by atoms with Crippen molar-refractivity contribution in [3.05, 3.63) is 64.4 Å². The number of rotatable bonds is 5. The first-order chi connectivity index (χ1) is 11.3. The predicted octanol–water partition coefficient (Wildman–Crippen LogP) is 4.94. The van der Waals surface area contributed by atoms with Crippen LogP contribution in [0.25, 0.3) is 16.5 Å². The Balaban J connectivity index is 2.65. The molecule has 5 nitrogen and oxygen atoms in total. The number of nitrogens with one attached hydrogen (secondary N) is 1. The van der Waals surface area contributed by atoms with Crippen molar-refractivity contribution in [3.8, 4) is 0 Å². The molecule has 24 heavy (non-hydrogen) atoms. The number of hydrogen-bond donors (Lipinski definition) is 1. The summed E-state index contributed by atoms with van der Waals surface area (Å²) in [5.41, 5.74) is -0.0328. The zero-order chi connectivity index (χ0) is 17.9. The van der Waals surface area contributed by atoms with E-state index in [2.05, 4.69) is 16.8 Å². The summed E-state index contributed by atoms with van der Waals surface area (Å²) in [4.78, 5) is 10.3. The second-order valence-corrected chi connectivity index (χ2v) is 4.94. The van der Waals surface area contributed by atoms with Crippen LogP contribution >= 0.6 is 0 Å². The lowest BCUT2D eigenvalue weighted by molar-refractivity contribution is -0.384. The van der Waals surface area contributed by atoms with Crippen LogP contribution in [0.15, 0.2) is 48.6 Å². The number of alkyl halides is 3. The number of allylic oxidation sites excluding steroid dienone is 5. The fourth-order valence-electron chi connectivity index (χ4n) is 2.23. The Labute approximate surface area is 135 Å². The molecule has 126 valence electrons. The number of aromatic nitrogens is 2. The molecule has 8 heteroatoms. The summed E-state index contributed by atoms with van der Waals surface area (Å²) in [7, 11) is 0. The van der Waals surface area contributed by atoms with Gasteiger partial charge in [0.15, 0.2) is 0 Å². The molecule has 0 atom stereocenters. The van der Waals surface area contributed by atoms with Crippen LogP contribution in [0.5, 0.6) is 0 Å². The second-order valence-electron chi connectivity index (χ2n) is 4.94. The van der Waals surface area contributed by atoms with Gasteiger partial charge in [-0.3, -0.25) is 15.2 Å². The van der Waals surface area contributed by atoms with E-state index in [1.54, 1.807) is 0 Å².